The SMILES string of the molecule is CCNC(=O)C(CNC(=O)OC(C)(C)C)c1ccsc1. The van der Waals surface area contributed by atoms with Gasteiger partial charge >= 0.3 is 6.09 Å². The second-order valence-electron chi connectivity index (χ2n) is 5.39. The van der Waals surface area contributed by atoms with Crippen molar-refractivity contribution in [2.45, 2.75) is 39.2 Å². The van der Waals surface area contributed by atoms with Crippen LogP contribution in [0.2, 0.25) is 0 Å². The van der Waals surface area contributed by atoms with Crippen LogP contribution in [0.15, 0.2) is 16.8 Å². The van der Waals surface area contributed by atoms with Gasteiger partial charge in [0.1, 0.15) is 5.60 Å². The second kappa shape index (κ2) is 7.28. The van der Waals surface area contributed by atoms with Crippen LogP contribution in [0, 0.1) is 0 Å². The summed E-state index contributed by atoms with van der Waals surface area (Å²) in [5, 5.41) is 9.25. The predicted octanol–water partition coefficient (Wildman–Crippen LogP) is 2.49. The summed E-state index contributed by atoms with van der Waals surface area (Å²) in [5.41, 5.74) is 0.352. The average molecular weight is 298 g/mol. The molecule has 1 aromatic heterocycles. The van der Waals surface area contributed by atoms with Crippen molar-refractivity contribution < 1.29 is 14.3 Å². The molecule has 112 valence electrons. The number of carbonyl (C=O) groups excluding carboxylic acids is 2. The summed E-state index contributed by atoms with van der Waals surface area (Å²) in [6.45, 7) is 8.04. The van der Waals surface area contributed by atoms with E-state index in [0.29, 0.717) is 6.54 Å². The molecule has 0 saturated heterocycles. The van der Waals surface area contributed by atoms with Crippen molar-refractivity contribution in [1.29, 1.82) is 0 Å². The van der Waals surface area contributed by atoms with E-state index in [0.717, 1.165) is 5.56 Å². The molecule has 1 aromatic rings. The van der Waals surface area contributed by atoms with E-state index in [1.165, 1.54) is 11.3 Å². The Kier molecular flexibility index (Phi) is 6.01. The molecule has 1 rings (SSSR count). The van der Waals surface area contributed by atoms with Crippen molar-refractivity contribution >= 4 is 23.3 Å². The van der Waals surface area contributed by atoms with Crippen LogP contribution in [0.3, 0.4) is 0 Å². The third-order valence-electron chi connectivity index (χ3n) is 2.46. The molecule has 0 aliphatic heterocycles. The van der Waals surface area contributed by atoms with Crippen molar-refractivity contribution in [3.63, 3.8) is 0 Å². The molecule has 0 bridgehead atoms. The minimum absolute atomic E-state index is 0.0954. The number of hydrogen-bond donors (Lipinski definition) is 2. The Morgan fingerprint density at radius 2 is 2.05 bits per heavy atom. The van der Waals surface area contributed by atoms with Gasteiger partial charge in [-0.25, -0.2) is 4.79 Å². The number of hydrogen-bond acceptors (Lipinski definition) is 4. The van der Waals surface area contributed by atoms with Gasteiger partial charge in [-0.15, -0.1) is 0 Å². The highest BCUT2D eigenvalue weighted by atomic mass is 32.1. The lowest BCUT2D eigenvalue weighted by atomic mass is 10.0. The molecule has 2 amide bonds. The topological polar surface area (TPSA) is 67.4 Å². The van der Waals surface area contributed by atoms with Crippen LogP contribution in [0.25, 0.3) is 0 Å². The normalized spacial score (nSPS) is 12.6. The molecule has 0 aliphatic rings. The Bertz CT molecular complexity index is 438. The van der Waals surface area contributed by atoms with Crippen LogP contribution < -0.4 is 10.6 Å². The quantitative estimate of drug-likeness (QED) is 0.877. The molecule has 1 heterocycles. The molecule has 1 unspecified atom stereocenters. The number of ether oxygens (including phenoxy) is 1. The number of amides is 2. The van der Waals surface area contributed by atoms with Gasteiger partial charge in [-0.05, 0) is 50.1 Å². The first kappa shape index (κ1) is 16.5. The van der Waals surface area contributed by atoms with Gasteiger partial charge in [-0.3, -0.25) is 4.79 Å². The minimum atomic E-state index is -0.548. The molecule has 0 radical (unpaired) electrons. The third kappa shape index (κ3) is 5.61. The summed E-state index contributed by atoms with van der Waals surface area (Å²) in [6, 6.07) is 1.89. The maximum Gasteiger partial charge on any atom is 0.407 e. The van der Waals surface area contributed by atoms with Gasteiger partial charge in [-0.1, -0.05) is 0 Å². The van der Waals surface area contributed by atoms with Crippen LogP contribution in [0.4, 0.5) is 4.79 Å². The van der Waals surface area contributed by atoms with Crippen molar-refractivity contribution in [3.05, 3.63) is 22.4 Å². The fraction of sp³-hybridized carbons (Fsp3) is 0.571. The molecule has 5 nitrogen and oxygen atoms in total. The van der Waals surface area contributed by atoms with E-state index in [4.69, 9.17) is 4.74 Å². The Hall–Kier alpha value is -1.56. The highest BCUT2D eigenvalue weighted by Crippen LogP contribution is 2.18. The number of nitrogens with one attached hydrogen (secondary N) is 2. The number of rotatable bonds is 5. The monoisotopic (exact) mass is 298 g/mol. The Morgan fingerprint density at radius 3 is 2.55 bits per heavy atom. The zero-order valence-electron chi connectivity index (χ0n) is 12.4. The molecule has 20 heavy (non-hydrogen) atoms. The van der Waals surface area contributed by atoms with E-state index in [-0.39, 0.29) is 12.5 Å². The summed E-state index contributed by atoms with van der Waals surface area (Å²) in [7, 11) is 0. The largest absolute Gasteiger partial charge is 0.444 e. The summed E-state index contributed by atoms with van der Waals surface area (Å²) in [6.07, 6.45) is -0.512. The Morgan fingerprint density at radius 1 is 1.35 bits per heavy atom. The molecule has 6 heteroatoms. The molecule has 2 N–H and O–H groups in total. The van der Waals surface area contributed by atoms with Gasteiger partial charge in [-0.2, -0.15) is 11.3 Å². The van der Waals surface area contributed by atoms with Crippen molar-refractivity contribution in [2.24, 2.45) is 0 Å². The molecule has 1 atom stereocenters. The van der Waals surface area contributed by atoms with E-state index in [1.807, 2.05) is 23.8 Å². The lowest BCUT2D eigenvalue weighted by Gasteiger charge is -2.21. The maximum atomic E-state index is 12.0. The molecule has 0 saturated carbocycles. The van der Waals surface area contributed by atoms with E-state index >= 15 is 0 Å². The first-order valence-corrected chi connectivity index (χ1v) is 7.54. The summed E-state index contributed by atoms with van der Waals surface area (Å²) < 4.78 is 5.17. The standard InChI is InChI=1S/C14H22N2O3S/c1-5-15-12(17)11(10-6-7-20-9-10)8-16-13(18)19-14(2,3)4/h6-7,9,11H,5,8H2,1-4H3,(H,15,17)(H,16,18). The van der Waals surface area contributed by atoms with E-state index in [2.05, 4.69) is 10.6 Å². The number of carbonyl (C=O) groups is 2. The van der Waals surface area contributed by atoms with Crippen molar-refractivity contribution in [2.75, 3.05) is 13.1 Å². The van der Waals surface area contributed by atoms with E-state index < -0.39 is 17.6 Å². The van der Waals surface area contributed by atoms with Gasteiger partial charge < -0.3 is 15.4 Å². The molecule has 0 aromatic carbocycles. The molecule has 0 spiro atoms. The average Bonchev–Trinajstić information content (AvgIpc) is 2.80. The third-order valence-corrected chi connectivity index (χ3v) is 3.16. The van der Waals surface area contributed by atoms with E-state index in [1.54, 1.807) is 20.8 Å². The van der Waals surface area contributed by atoms with Gasteiger partial charge in [0.25, 0.3) is 0 Å². The van der Waals surface area contributed by atoms with Crippen molar-refractivity contribution in [3.8, 4) is 0 Å². The van der Waals surface area contributed by atoms with Crippen molar-refractivity contribution in [1.82, 2.24) is 10.6 Å². The second-order valence-corrected chi connectivity index (χ2v) is 6.17. The fourth-order valence-corrected chi connectivity index (χ4v) is 2.35. The van der Waals surface area contributed by atoms with Crippen LogP contribution in [-0.4, -0.2) is 30.7 Å². The molecular formula is C14H22N2O3S. The minimum Gasteiger partial charge on any atom is -0.444 e. The number of likely N-dealkylation sites (N-methyl/N-ethyl adjacent to an activating group) is 1. The van der Waals surface area contributed by atoms with Crippen LogP contribution in [-0.2, 0) is 9.53 Å². The summed E-state index contributed by atoms with van der Waals surface area (Å²) in [4.78, 5) is 23.7. The first-order valence-electron chi connectivity index (χ1n) is 6.60. The zero-order valence-corrected chi connectivity index (χ0v) is 13.2. The van der Waals surface area contributed by atoms with Gasteiger partial charge in [0.15, 0.2) is 0 Å². The smallest absolute Gasteiger partial charge is 0.407 e. The highest BCUT2D eigenvalue weighted by molar-refractivity contribution is 7.08. The van der Waals surface area contributed by atoms with Crippen LogP contribution in [0.1, 0.15) is 39.2 Å². The van der Waals surface area contributed by atoms with Gasteiger partial charge in [0.05, 0.1) is 5.92 Å². The fourth-order valence-electron chi connectivity index (χ4n) is 1.63. The molecule has 0 fully saturated rings. The maximum absolute atomic E-state index is 12.0. The molecule has 0 aliphatic carbocycles. The van der Waals surface area contributed by atoms with E-state index in [9.17, 15) is 9.59 Å². The van der Waals surface area contributed by atoms with Crippen LogP contribution >= 0.6 is 11.3 Å². The summed E-state index contributed by atoms with van der Waals surface area (Å²) in [5.74, 6) is -0.490. The lowest BCUT2D eigenvalue weighted by molar-refractivity contribution is -0.122. The Labute approximate surface area is 123 Å². The van der Waals surface area contributed by atoms with Gasteiger partial charge in [0, 0.05) is 13.1 Å². The highest BCUT2D eigenvalue weighted by Gasteiger charge is 2.23. The van der Waals surface area contributed by atoms with Gasteiger partial charge in [0.2, 0.25) is 5.91 Å². The Balaban J connectivity index is 2.62. The van der Waals surface area contributed by atoms with Crippen LogP contribution in [0.5, 0.6) is 0 Å². The molecular weight excluding hydrogens is 276 g/mol. The number of thiophene rings is 1. The zero-order chi connectivity index (χ0) is 15.2. The number of alkyl carbamates (subject to hydrolysis) is 1. The first-order chi connectivity index (χ1) is 9.33. The predicted molar refractivity (Wildman–Crippen MR) is 80.0 cm³/mol. The lowest BCUT2D eigenvalue weighted by Crippen LogP contribution is -2.39. The summed E-state index contributed by atoms with van der Waals surface area (Å²) >= 11 is 1.52.